The molecule has 2 aromatic carbocycles. The molecule has 4 aromatic rings. The first-order valence-electron chi connectivity index (χ1n) is 20.6. The van der Waals surface area contributed by atoms with Crippen molar-refractivity contribution in [2.45, 2.75) is 82.2 Å². The van der Waals surface area contributed by atoms with Crippen molar-refractivity contribution in [1.29, 1.82) is 0 Å². The van der Waals surface area contributed by atoms with Gasteiger partial charge in [0.1, 0.15) is 17.6 Å². The molecule has 14 heteroatoms. The fourth-order valence-electron chi connectivity index (χ4n) is 9.13. The number of anilines is 2. The Morgan fingerprint density at radius 2 is 1.60 bits per heavy atom. The first-order chi connectivity index (χ1) is 28.2. The number of nitrogens with one attached hydrogen (secondary N) is 3. The van der Waals surface area contributed by atoms with Gasteiger partial charge in [-0.3, -0.25) is 29.1 Å². The number of halogens is 2. The van der Waals surface area contributed by atoms with Gasteiger partial charge in [-0.2, -0.15) is 0 Å². The molecule has 3 N–H and O–H groups in total. The molecule has 2 aromatic heterocycles. The van der Waals surface area contributed by atoms with Crippen molar-refractivity contribution < 1.29 is 23.2 Å². The smallest absolute Gasteiger partial charge is 0.255 e. The third-order valence-corrected chi connectivity index (χ3v) is 12.4. The van der Waals surface area contributed by atoms with Crippen LogP contribution in [0, 0.1) is 23.5 Å². The Labute approximate surface area is 336 Å². The minimum atomic E-state index is -0.554. The van der Waals surface area contributed by atoms with Crippen LogP contribution in [0.2, 0.25) is 0 Å². The SMILES string of the molecule is O=C1CCC(Nc2ccc(C3CCN(CC4CCC(C(=O)N5CCC(Nc6ncc(F)c(-c7cccc(-n8ccccc8=O)c7)n6)CC5)CC4)CC3)c(F)c2)C(=O)N1. The van der Waals surface area contributed by atoms with Gasteiger partial charge in [-0.05, 0) is 119 Å². The van der Waals surface area contributed by atoms with Gasteiger partial charge in [0.2, 0.25) is 23.7 Å². The largest absolute Gasteiger partial charge is 0.374 e. The topological polar surface area (TPSA) is 142 Å². The third-order valence-electron chi connectivity index (χ3n) is 12.4. The van der Waals surface area contributed by atoms with E-state index in [0.717, 1.165) is 77.2 Å². The summed E-state index contributed by atoms with van der Waals surface area (Å²) in [6.45, 7) is 4.13. The first-order valence-corrected chi connectivity index (χ1v) is 20.6. The maximum absolute atomic E-state index is 15.2. The molecular formula is C44H50F2N8O4. The average molecular weight is 793 g/mol. The van der Waals surface area contributed by atoms with Crippen LogP contribution in [0.3, 0.4) is 0 Å². The number of rotatable bonds is 10. The van der Waals surface area contributed by atoms with Crippen LogP contribution in [0.15, 0.2) is 77.9 Å². The summed E-state index contributed by atoms with van der Waals surface area (Å²) in [4.78, 5) is 62.7. The summed E-state index contributed by atoms with van der Waals surface area (Å²) in [5.41, 5.74) is 2.37. The van der Waals surface area contributed by atoms with E-state index in [1.54, 1.807) is 42.6 Å². The zero-order chi connectivity index (χ0) is 40.2. The zero-order valence-corrected chi connectivity index (χ0v) is 32.5. The molecular weight excluding hydrogens is 743 g/mol. The second-order valence-corrected chi connectivity index (χ2v) is 16.3. The molecule has 58 heavy (non-hydrogen) atoms. The molecule has 4 aliphatic rings. The van der Waals surface area contributed by atoms with Gasteiger partial charge in [-0.25, -0.2) is 18.7 Å². The lowest BCUT2D eigenvalue weighted by atomic mass is 9.80. The Hall–Kier alpha value is -5.50. The number of amides is 3. The van der Waals surface area contributed by atoms with Gasteiger partial charge in [0.05, 0.1) is 6.20 Å². The number of carbonyl (C=O) groups excluding carboxylic acids is 3. The van der Waals surface area contributed by atoms with Crippen molar-refractivity contribution in [3.63, 3.8) is 0 Å². The molecule has 12 nitrogen and oxygen atoms in total. The van der Waals surface area contributed by atoms with Gasteiger partial charge in [-0.1, -0.05) is 24.3 Å². The molecule has 8 rings (SSSR count). The van der Waals surface area contributed by atoms with Crippen molar-refractivity contribution in [2.75, 3.05) is 43.4 Å². The number of imide groups is 1. The third kappa shape index (κ3) is 9.12. The Morgan fingerprint density at radius 1 is 0.810 bits per heavy atom. The minimum Gasteiger partial charge on any atom is -0.374 e. The molecule has 0 radical (unpaired) electrons. The highest BCUT2D eigenvalue weighted by Gasteiger charge is 2.33. The monoisotopic (exact) mass is 792 g/mol. The number of hydrogen-bond acceptors (Lipinski definition) is 9. The molecule has 4 fully saturated rings. The number of hydrogen-bond donors (Lipinski definition) is 3. The summed E-state index contributed by atoms with van der Waals surface area (Å²) in [5, 5.41) is 8.75. The number of nitrogens with zero attached hydrogens (tertiary/aromatic N) is 5. The van der Waals surface area contributed by atoms with Crippen LogP contribution in [-0.4, -0.2) is 86.9 Å². The van der Waals surface area contributed by atoms with E-state index in [-0.39, 0.29) is 59.1 Å². The van der Waals surface area contributed by atoms with Gasteiger partial charge in [-0.15, -0.1) is 0 Å². The number of carbonyl (C=O) groups is 3. The number of piperidine rings is 3. The Morgan fingerprint density at radius 3 is 2.34 bits per heavy atom. The molecule has 0 bridgehead atoms. The van der Waals surface area contributed by atoms with Crippen LogP contribution < -0.4 is 21.5 Å². The molecule has 1 unspecified atom stereocenters. The maximum atomic E-state index is 15.2. The molecule has 1 atom stereocenters. The summed E-state index contributed by atoms with van der Waals surface area (Å²) in [6, 6.07) is 16.6. The Bertz CT molecular complexity index is 2190. The van der Waals surface area contributed by atoms with E-state index in [1.165, 1.54) is 16.7 Å². The Balaban J connectivity index is 0.761. The lowest BCUT2D eigenvalue weighted by Crippen LogP contribution is -2.47. The molecule has 3 saturated heterocycles. The molecule has 3 amide bonds. The van der Waals surface area contributed by atoms with Crippen LogP contribution in [0.1, 0.15) is 75.7 Å². The van der Waals surface area contributed by atoms with E-state index in [2.05, 4.69) is 30.8 Å². The number of aromatic nitrogens is 3. The molecule has 3 aliphatic heterocycles. The highest BCUT2D eigenvalue weighted by atomic mass is 19.1. The summed E-state index contributed by atoms with van der Waals surface area (Å²) >= 11 is 0. The summed E-state index contributed by atoms with van der Waals surface area (Å²) < 4.78 is 31.7. The van der Waals surface area contributed by atoms with Crippen molar-refractivity contribution in [2.24, 2.45) is 11.8 Å². The van der Waals surface area contributed by atoms with E-state index >= 15 is 4.39 Å². The zero-order valence-electron chi connectivity index (χ0n) is 32.5. The lowest BCUT2D eigenvalue weighted by molar-refractivity contribution is -0.138. The molecule has 5 heterocycles. The van der Waals surface area contributed by atoms with Crippen molar-refractivity contribution in [3.8, 4) is 16.9 Å². The van der Waals surface area contributed by atoms with Gasteiger partial charge in [0.25, 0.3) is 5.56 Å². The maximum Gasteiger partial charge on any atom is 0.255 e. The highest BCUT2D eigenvalue weighted by molar-refractivity contribution is 6.01. The molecule has 1 aliphatic carbocycles. The van der Waals surface area contributed by atoms with Crippen molar-refractivity contribution >= 4 is 29.4 Å². The second-order valence-electron chi connectivity index (χ2n) is 16.3. The normalized spacial score (nSPS) is 22.4. The predicted octanol–water partition coefficient (Wildman–Crippen LogP) is 5.88. The minimum absolute atomic E-state index is 0.0485. The van der Waals surface area contributed by atoms with Crippen LogP contribution in [0.25, 0.3) is 16.9 Å². The highest BCUT2D eigenvalue weighted by Crippen LogP contribution is 2.35. The fraction of sp³-hybridized carbons (Fsp3) is 0.455. The fourth-order valence-corrected chi connectivity index (χ4v) is 9.13. The summed E-state index contributed by atoms with van der Waals surface area (Å²) in [7, 11) is 0. The van der Waals surface area contributed by atoms with Crippen LogP contribution >= 0.6 is 0 Å². The summed E-state index contributed by atoms with van der Waals surface area (Å²) in [6.07, 6.45) is 10.6. The molecule has 1 saturated carbocycles. The first kappa shape index (κ1) is 39.3. The number of likely N-dealkylation sites (tertiary alicyclic amines) is 2. The molecule has 0 spiro atoms. The van der Waals surface area contributed by atoms with Gasteiger partial charge >= 0.3 is 0 Å². The van der Waals surface area contributed by atoms with Crippen LogP contribution in [0.5, 0.6) is 0 Å². The van der Waals surface area contributed by atoms with Crippen molar-refractivity contribution in [3.05, 3.63) is 101 Å². The quantitative estimate of drug-likeness (QED) is 0.168. The predicted molar refractivity (Wildman–Crippen MR) is 216 cm³/mol. The van der Waals surface area contributed by atoms with Gasteiger partial charge < -0.3 is 20.4 Å². The second kappa shape index (κ2) is 17.6. The average Bonchev–Trinajstić information content (AvgIpc) is 3.23. The number of benzene rings is 2. The van der Waals surface area contributed by atoms with Gasteiger partial charge in [0.15, 0.2) is 5.82 Å². The van der Waals surface area contributed by atoms with E-state index in [1.807, 2.05) is 17.0 Å². The standard InChI is InChI=1S/C44H50F2N8O4/c45-36-25-33(48-38-13-14-39(55)50-42(38)57)11-12-35(36)29-15-20-52(21-16-29)27-28-7-9-30(10-8-28)43(58)53-22-17-32(18-23-53)49-44-47-26-37(46)41(51-44)31-4-3-5-34(24-31)54-19-2-1-6-40(54)56/h1-6,11-12,19,24-26,28-30,32,38,48H,7-10,13-18,20-23,27H2,(H,47,49,51)(H,50,55,57). The van der Waals surface area contributed by atoms with Crippen LogP contribution in [-0.2, 0) is 14.4 Å². The van der Waals surface area contributed by atoms with Crippen molar-refractivity contribution in [1.82, 2.24) is 29.7 Å². The Kier molecular flexibility index (Phi) is 11.9. The van der Waals surface area contributed by atoms with E-state index in [0.29, 0.717) is 53.9 Å². The van der Waals surface area contributed by atoms with E-state index in [9.17, 15) is 23.6 Å². The van der Waals surface area contributed by atoms with Crippen LogP contribution in [0.4, 0.5) is 20.4 Å². The molecule has 304 valence electrons. The van der Waals surface area contributed by atoms with E-state index < -0.39 is 11.9 Å². The van der Waals surface area contributed by atoms with E-state index in [4.69, 9.17) is 0 Å². The lowest BCUT2D eigenvalue weighted by Gasteiger charge is -2.38. The number of pyridine rings is 1. The summed E-state index contributed by atoms with van der Waals surface area (Å²) in [5.74, 6) is -0.157. The van der Waals surface area contributed by atoms with Gasteiger partial charge in [0, 0.05) is 67.2 Å².